The second kappa shape index (κ2) is 8.29. The number of nitrogens with one attached hydrogen (secondary N) is 2. The number of anilines is 2. The average Bonchev–Trinajstić information content (AvgIpc) is 3.21. The number of hydrogen-bond donors (Lipinski definition) is 2. The van der Waals surface area contributed by atoms with Gasteiger partial charge in [-0.1, -0.05) is 6.07 Å². The molecule has 0 radical (unpaired) electrons. The number of aromatic nitrogens is 3. The Hall–Kier alpha value is -3.09. The molecular formula is C21H25N5O2. The topological polar surface area (TPSA) is 83.1 Å². The predicted molar refractivity (Wildman–Crippen MR) is 110 cm³/mol. The second-order valence-corrected chi connectivity index (χ2v) is 7.22. The van der Waals surface area contributed by atoms with Crippen molar-refractivity contribution in [3.8, 4) is 5.75 Å². The number of carbonyl (C=O) groups excluding carboxylic acids is 1. The van der Waals surface area contributed by atoms with E-state index in [1.807, 2.05) is 36.5 Å². The molecule has 2 aromatic heterocycles. The Morgan fingerprint density at radius 3 is 3.18 bits per heavy atom. The molecule has 1 fully saturated rings. The zero-order valence-electron chi connectivity index (χ0n) is 16.0. The van der Waals surface area contributed by atoms with Crippen molar-refractivity contribution in [3.63, 3.8) is 0 Å². The summed E-state index contributed by atoms with van der Waals surface area (Å²) in [6, 6.07) is 9.64. The monoisotopic (exact) mass is 379 g/mol. The largest absolute Gasteiger partial charge is 0.497 e. The van der Waals surface area contributed by atoms with E-state index < -0.39 is 0 Å². The third kappa shape index (κ3) is 4.08. The van der Waals surface area contributed by atoms with Crippen LogP contribution >= 0.6 is 0 Å². The first-order chi connectivity index (χ1) is 13.7. The molecule has 1 aliphatic heterocycles. The van der Waals surface area contributed by atoms with Crippen LogP contribution in [0.15, 0.2) is 42.9 Å². The lowest BCUT2D eigenvalue weighted by Crippen LogP contribution is -2.37. The van der Waals surface area contributed by atoms with Crippen LogP contribution in [-0.2, 0) is 4.79 Å². The number of fused-ring (bicyclic) bond motifs is 1. The quantitative estimate of drug-likeness (QED) is 0.656. The van der Waals surface area contributed by atoms with Crippen LogP contribution in [-0.4, -0.2) is 47.5 Å². The Labute approximate surface area is 164 Å². The van der Waals surface area contributed by atoms with Gasteiger partial charge in [0.05, 0.1) is 19.0 Å². The number of Topliss-reactive ketones (excluding diaryl/α,β-unsaturated/α-hetero) is 1. The number of rotatable bonds is 7. The van der Waals surface area contributed by atoms with E-state index >= 15 is 0 Å². The van der Waals surface area contributed by atoms with E-state index in [9.17, 15) is 4.79 Å². The highest BCUT2D eigenvalue weighted by molar-refractivity contribution is 5.87. The molecule has 3 aromatic rings. The van der Waals surface area contributed by atoms with E-state index in [0.29, 0.717) is 18.9 Å². The Morgan fingerprint density at radius 2 is 2.29 bits per heavy atom. The summed E-state index contributed by atoms with van der Waals surface area (Å²) in [5.74, 6) is 2.31. The normalized spacial score (nSPS) is 16.9. The van der Waals surface area contributed by atoms with E-state index in [1.54, 1.807) is 13.4 Å². The Kier molecular flexibility index (Phi) is 5.41. The van der Waals surface area contributed by atoms with Gasteiger partial charge in [-0.3, -0.25) is 4.79 Å². The predicted octanol–water partition coefficient (Wildman–Crippen LogP) is 3.25. The molecule has 0 spiro atoms. The smallest absolute Gasteiger partial charge is 0.152 e. The van der Waals surface area contributed by atoms with Crippen LogP contribution in [0.4, 0.5) is 11.5 Å². The number of methoxy groups -OCH3 is 1. The third-order valence-corrected chi connectivity index (χ3v) is 5.23. The summed E-state index contributed by atoms with van der Waals surface area (Å²) in [6.45, 7) is 2.14. The van der Waals surface area contributed by atoms with E-state index in [1.165, 1.54) is 0 Å². The Morgan fingerprint density at radius 1 is 1.36 bits per heavy atom. The van der Waals surface area contributed by atoms with Gasteiger partial charge in [-0.05, 0) is 37.0 Å². The van der Waals surface area contributed by atoms with Gasteiger partial charge in [-0.25, -0.2) is 9.97 Å². The van der Waals surface area contributed by atoms with Crippen molar-refractivity contribution in [1.29, 1.82) is 0 Å². The molecular weight excluding hydrogens is 354 g/mol. The average molecular weight is 379 g/mol. The highest BCUT2D eigenvalue weighted by Gasteiger charge is 2.24. The van der Waals surface area contributed by atoms with Gasteiger partial charge in [0.25, 0.3) is 0 Å². The maximum Gasteiger partial charge on any atom is 0.152 e. The van der Waals surface area contributed by atoms with Gasteiger partial charge < -0.3 is 19.9 Å². The first-order valence-corrected chi connectivity index (χ1v) is 9.65. The van der Waals surface area contributed by atoms with E-state index in [2.05, 4.69) is 25.2 Å². The molecule has 0 aliphatic carbocycles. The SMILES string of the molecule is COc1cccc(NCC(=O)C[C@@H]2CCCN(c3ncnc4[nH]ccc34)C2)c1. The molecule has 1 atom stereocenters. The Bertz CT molecular complexity index is 955. The highest BCUT2D eigenvalue weighted by atomic mass is 16.5. The van der Waals surface area contributed by atoms with Gasteiger partial charge in [0.15, 0.2) is 5.78 Å². The van der Waals surface area contributed by atoms with Gasteiger partial charge >= 0.3 is 0 Å². The molecule has 3 heterocycles. The summed E-state index contributed by atoms with van der Waals surface area (Å²) < 4.78 is 5.22. The lowest BCUT2D eigenvalue weighted by molar-refractivity contribution is -0.118. The third-order valence-electron chi connectivity index (χ3n) is 5.23. The molecule has 7 nitrogen and oxygen atoms in total. The molecule has 146 valence electrons. The van der Waals surface area contributed by atoms with Crippen molar-refractivity contribution >= 4 is 28.3 Å². The molecule has 0 saturated carbocycles. The number of aromatic amines is 1. The fraction of sp³-hybridized carbons (Fsp3) is 0.381. The van der Waals surface area contributed by atoms with E-state index in [-0.39, 0.29) is 5.78 Å². The second-order valence-electron chi connectivity index (χ2n) is 7.22. The van der Waals surface area contributed by atoms with Crippen LogP contribution < -0.4 is 15.0 Å². The van der Waals surface area contributed by atoms with Gasteiger partial charge in [0.2, 0.25) is 0 Å². The van der Waals surface area contributed by atoms with Crippen LogP contribution in [0.1, 0.15) is 19.3 Å². The molecule has 0 amide bonds. The molecule has 0 unspecified atom stereocenters. The molecule has 28 heavy (non-hydrogen) atoms. The number of H-pyrrole nitrogens is 1. The number of ether oxygens (including phenoxy) is 1. The fourth-order valence-electron chi connectivity index (χ4n) is 3.86. The van der Waals surface area contributed by atoms with Crippen LogP contribution in [0.5, 0.6) is 5.75 Å². The van der Waals surface area contributed by atoms with Gasteiger partial charge in [-0.2, -0.15) is 0 Å². The molecule has 1 aromatic carbocycles. The summed E-state index contributed by atoms with van der Waals surface area (Å²) in [5, 5.41) is 4.24. The van der Waals surface area contributed by atoms with E-state index in [0.717, 1.165) is 54.2 Å². The molecule has 7 heteroatoms. The van der Waals surface area contributed by atoms with Crippen molar-refractivity contribution in [2.24, 2.45) is 5.92 Å². The van der Waals surface area contributed by atoms with Crippen LogP contribution in [0, 0.1) is 5.92 Å². The van der Waals surface area contributed by atoms with Crippen LogP contribution in [0.25, 0.3) is 11.0 Å². The molecule has 0 bridgehead atoms. The minimum atomic E-state index is 0.226. The fourth-order valence-corrected chi connectivity index (χ4v) is 3.86. The number of nitrogens with zero attached hydrogens (tertiary/aromatic N) is 3. The van der Waals surface area contributed by atoms with Crippen LogP contribution in [0.2, 0.25) is 0 Å². The van der Waals surface area contributed by atoms with Gasteiger partial charge in [-0.15, -0.1) is 0 Å². The highest BCUT2D eigenvalue weighted by Crippen LogP contribution is 2.28. The lowest BCUT2D eigenvalue weighted by Gasteiger charge is -2.33. The number of carbonyl (C=O) groups is 1. The summed E-state index contributed by atoms with van der Waals surface area (Å²) in [5.41, 5.74) is 1.75. The van der Waals surface area contributed by atoms with Crippen molar-refractivity contribution in [2.45, 2.75) is 19.3 Å². The lowest BCUT2D eigenvalue weighted by atomic mass is 9.92. The number of benzene rings is 1. The zero-order chi connectivity index (χ0) is 19.3. The summed E-state index contributed by atoms with van der Waals surface area (Å²) in [7, 11) is 1.64. The van der Waals surface area contributed by atoms with Crippen LogP contribution in [0.3, 0.4) is 0 Å². The van der Waals surface area contributed by atoms with Crippen molar-refractivity contribution in [1.82, 2.24) is 15.0 Å². The van der Waals surface area contributed by atoms with Crippen molar-refractivity contribution in [2.75, 3.05) is 37.0 Å². The van der Waals surface area contributed by atoms with Gasteiger partial charge in [0.1, 0.15) is 23.5 Å². The Balaban J connectivity index is 1.34. The molecule has 2 N–H and O–H groups in total. The van der Waals surface area contributed by atoms with Crippen molar-refractivity contribution < 1.29 is 9.53 Å². The summed E-state index contributed by atoms with van der Waals surface area (Å²) in [4.78, 5) is 26.7. The standard InChI is InChI=1S/C21H25N5O2/c1-28-18-6-2-5-16(11-18)23-12-17(27)10-15-4-3-9-26(13-15)21-19-7-8-22-20(19)24-14-25-21/h2,5-8,11,14-15,23H,3-4,9-10,12-13H2,1H3,(H,22,24,25)/t15-/m0/s1. The first kappa shape index (κ1) is 18.3. The zero-order valence-corrected chi connectivity index (χ0v) is 16.0. The van der Waals surface area contributed by atoms with E-state index in [4.69, 9.17) is 4.74 Å². The maximum atomic E-state index is 12.5. The number of hydrogen-bond acceptors (Lipinski definition) is 6. The molecule has 1 aliphatic rings. The number of ketones is 1. The minimum absolute atomic E-state index is 0.226. The summed E-state index contributed by atoms with van der Waals surface area (Å²) >= 11 is 0. The number of piperidine rings is 1. The molecule has 1 saturated heterocycles. The molecule has 4 rings (SSSR count). The van der Waals surface area contributed by atoms with Crippen molar-refractivity contribution in [3.05, 3.63) is 42.9 Å². The van der Waals surface area contributed by atoms with Gasteiger partial charge in [0, 0.05) is 37.5 Å². The summed E-state index contributed by atoms with van der Waals surface area (Å²) in [6.07, 6.45) is 6.20. The minimum Gasteiger partial charge on any atom is -0.497 e. The first-order valence-electron chi connectivity index (χ1n) is 9.65. The maximum absolute atomic E-state index is 12.5.